The first-order valence-electron chi connectivity index (χ1n) is 4.67. The van der Waals surface area contributed by atoms with Crippen molar-refractivity contribution in [3.8, 4) is 0 Å². The number of carboxylic acid groups (broad SMARTS) is 1. The standard InChI is InChI=1S/C9H17NO3/c1-10-6-7(11)5-9(8(12)13)3-2-4-9/h7,10-11H,2-6H2,1H3,(H,12,13). The van der Waals surface area contributed by atoms with E-state index in [0.717, 1.165) is 6.42 Å². The third-order valence-corrected chi connectivity index (χ3v) is 2.83. The molecule has 76 valence electrons. The van der Waals surface area contributed by atoms with Gasteiger partial charge in [0.1, 0.15) is 0 Å². The molecule has 0 bridgehead atoms. The number of aliphatic hydroxyl groups excluding tert-OH is 1. The van der Waals surface area contributed by atoms with Gasteiger partial charge in [-0.2, -0.15) is 0 Å². The van der Waals surface area contributed by atoms with Gasteiger partial charge in [0.25, 0.3) is 0 Å². The van der Waals surface area contributed by atoms with Crippen molar-refractivity contribution in [2.24, 2.45) is 5.41 Å². The van der Waals surface area contributed by atoms with E-state index in [1.165, 1.54) is 0 Å². The third kappa shape index (κ3) is 2.19. The van der Waals surface area contributed by atoms with Gasteiger partial charge in [-0.15, -0.1) is 0 Å². The molecule has 13 heavy (non-hydrogen) atoms. The number of nitrogens with one attached hydrogen (secondary N) is 1. The predicted octanol–water partition coefficient (Wildman–Crippen LogP) is 0.212. The average molecular weight is 187 g/mol. The Hall–Kier alpha value is -0.610. The summed E-state index contributed by atoms with van der Waals surface area (Å²) in [6.07, 6.45) is 2.23. The predicted molar refractivity (Wildman–Crippen MR) is 48.5 cm³/mol. The molecule has 0 amide bonds. The molecule has 3 N–H and O–H groups in total. The first kappa shape index (κ1) is 10.5. The Morgan fingerprint density at radius 3 is 2.54 bits per heavy atom. The summed E-state index contributed by atoms with van der Waals surface area (Å²) in [7, 11) is 1.75. The summed E-state index contributed by atoms with van der Waals surface area (Å²) in [6, 6.07) is 0. The highest BCUT2D eigenvalue weighted by atomic mass is 16.4. The number of hydrogen-bond donors (Lipinski definition) is 3. The van der Waals surface area contributed by atoms with E-state index in [2.05, 4.69) is 5.32 Å². The van der Waals surface area contributed by atoms with Crippen LogP contribution < -0.4 is 5.32 Å². The van der Waals surface area contributed by atoms with Gasteiger partial charge < -0.3 is 15.5 Å². The molecule has 0 aliphatic heterocycles. The van der Waals surface area contributed by atoms with Crippen LogP contribution in [0, 0.1) is 5.41 Å². The van der Waals surface area contributed by atoms with E-state index in [1.54, 1.807) is 7.05 Å². The topological polar surface area (TPSA) is 69.6 Å². The van der Waals surface area contributed by atoms with Crippen molar-refractivity contribution in [2.75, 3.05) is 13.6 Å². The van der Waals surface area contributed by atoms with Crippen LogP contribution in [-0.2, 0) is 4.79 Å². The van der Waals surface area contributed by atoms with Crippen molar-refractivity contribution in [1.82, 2.24) is 5.32 Å². The second kappa shape index (κ2) is 4.07. The van der Waals surface area contributed by atoms with Gasteiger partial charge in [-0.3, -0.25) is 4.79 Å². The number of aliphatic carboxylic acids is 1. The quantitative estimate of drug-likeness (QED) is 0.575. The zero-order chi connectivity index (χ0) is 9.90. The largest absolute Gasteiger partial charge is 0.481 e. The van der Waals surface area contributed by atoms with Crippen LogP contribution in [0.5, 0.6) is 0 Å². The third-order valence-electron chi connectivity index (χ3n) is 2.83. The SMILES string of the molecule is CNCC(O)CC1(C(=O)O)CCC1. The summed E-state index contributed by atoms with van der Waals surface area (Å²) in [5.74, 6) is -0.756. The highest BCUT2D eigenvalue weighted by molar-refractivity contribution is 5.75. The Bertz CT molecular complexity index is 189. The van der Waals surface area contributed by atoms with E-state index >= 15 is 0 Å². The van der Waals surface area contributed by atoms with Gasteiger partial charge in [-0.1, -0.05) is 6.42 Å². The molecular formula is C9H17NO3. The lowest BCUT2D eigenvalue weighted by molar-refractivity contribution is -0.157. The molecule has 1 rings (SSSR count). The number of carbonyl (C=O) groups is 1. The van der Waals surface area contributed by atoms with Crippen molar-refractivity contribution in [3.05, 3.63) is 0 Å². The molecule has 0 aromatic carbocycles. The highest BCUT2D eigenvalue weighted by Crippen LogP contribution is 2.44. The Morgan fingerprint density at radius 1 is 1.62 bits per heavy atom. The van der Waals surface area contributed by atoms with Crippen molar-refractivity contribution < 1.29 is 15.0 Å². The molecule has 1 aliphatic rings. The molecular weight excluding hydrogens is 170 g/mol. The maximum atomic E-state index is 10.9. The maximum absolute atomic E-state index is 10.9. The number of hydrogen-bond acceptors (Lipinski definition) is 3. The lowest BCUT2D eigenvalue weighted by Gasteiger charge is -2.39. The number of aliphatic hydroxyl groups is 1. The van der Waals surface area contributed by atoms with Gasteiger partial charge in [0, 0.05) is 6.54 Å². The van der Waals surface area contributed by atoms with Crippen LogP contribution in [-0.4, -0.2) is 35.9 Å². The van der Waals surface area contributed by atoms with E-state index in [9.17, 15) is 9.90 Å². The van der Waals surface area contributed by atoms with Crippen LogP contribution in [0.25, 0.3) is 0 Å². The Labute approximate surface area is 78.0 Å². The fraction of sp³-hybridized carbons (Fsp3) is 0.889. The Balaban J connectivity index is 2.44. The zero-order valence-electron chi connectivity index (χ0n) is 7.92. The van der Waals surface area contributed by atoms with Crippen molar-refractivity contribution in [1.29, 1.82) is 0 Å². The first-order chi connectivity index (χ1) is 6.10. The van der Waals surface area contributed by atoms with Gasteiger partial charge in [0.2, 0.25) is 0 Å². The molecule has 1 unspecified atom stereocenters. The lowest BCUT2D eigenvalue weighted by Crippen LogP contribution is -2.42. The molecule has 1 aliphatic carbocycles. The molecule has 0 radical (unpaired) electrons. The summed E-state index contributed by atoms with van der Waals surface area (Å²) in [5.41, 5.74) is -0.629. The van der Waals surface area contributed by atoms with Gasteiger partial charge in [0.05, 0.1) is 11.5 Å². The van der Waals surface area contributed by atoms with Crippen LogP contribution in [0.3, 0.4) is 0 Å². The van der Waals surface area contributed by atoms with Crippen molar-refractivity contribution in [3.63, 3.8) is 0 Å². The summed E-state index contributed by atoms with van der Waals surface area (Å²) in [5, 5.41) is 21.3. The molecule has 0 aromatic heterocycles. The molecule has 0 spiro atoms. The van der Waals surface area contributed by atoms with Gasteiger partial charge in [-0.25, -0.2) is 0 Å². The minimum atomic E-state index is -0.756. The Morgan fingerprint density at radius 2 is 2.23 bits per heavy atom. The number of rotatable bonds is 5. The summed E-state index contributed by atoms with van der Waals surface area (Å²) >= 11 is 0. The smallest absolute Gasteiger partial charge is 0.309 e. The summed E-state index contributed by atoms with van der Waals surface area (Å²) in [6.45, 7) is 0.467. The highest BCUT2D eigenvalue weighted by Gasteiger charge is 2.45. The first-order valence-corrected chi connectivity index (χ1v) is 4.67. The van der Waals surface area contributed by atoms with Crippen LogP contribution in [0.2, 0.25) is 0 Å². The summed E-state index contributed by atoms with van der Waals surface area (Å²) < 4.78 is 0. The van der Waals surface area contributed by atoms with E-state index < -0.39 is 17.5 Å². The monoisotopic (exact) mass is 187 g/mol. The molecule has 0 saturated heterocycles. The van der Waals surface area contributed by atoms with E-state index in [4.69, 9.17) is 5.11 Å². The second-order valence-electron chi connectivity index (χ2n) is 3.85. The number of likely N-dealkylation sites (N-methyl/N-ethyl adjacent to an activating group) is 1. The minimum absolute atomic E-state index is 0.378. The lowest BCUT2D eigenvalue weighted by atomic mass is 9.65. The molecule has 1 fully saturated rings. The van der Waals surface area contributed by atoms with E-state index in [1.807, 2.05) is 0 Å². The fourth-order valence-electron chi connectivity index (χ4n) is 1.87. The molecule has 4 heteroatoms. The van der Waals surface area contributed by atoms with Crippen LogP contribution in [0.4, 0.5) is 0 Å². The van der Waals surface area contributed by atoms with E-state index in [0.29, 0.717) is 25.8 Å². The normalized spacial score (nSPS) is 22.0. The van der Waals surface area contributed by atoms with Crippen LogP contribution >= 0.6 is 0 Å². The van der Waals surface area contributed by atoms with Crippen molar-refractivity contribution in [2.45, 2.75) is 31.8 Å². The van der Waals surface area contributed by atoms with Crippen LogP contribution in [0.15, 0.2) is 0 Å². The summed E-state index contributed by atoms with van der Waals surface area (Å²) in [4.78, 5) is 10.9. The van der Waals surface area contributed by atoms with Gasteiger partial charge >= 0.3 is 5.97 Å². The van der Waals surface area contributed by atoms with Gasteiger partial charge in [-0.05, 0) is 26.3 Å². The van der Waals surface area contributed by atoms with Gasteiger partial charge in [0.15, 0.2) is 0 Å². The average Bonchev–Trinajstić information content (AvgIpc) is 1.96. The second-order valence-corrected chi connectivity index (χ2v) is 3.85. The minimum Gasteiger partial charge on any atom is -0.481 e. The van der Waals surface area contributed by atoms with E-state index in [-0.39, 0.29) is 0 Å². The fourth-order valence-corrected chi connectivity index (χ4v) is 1.87. The molecule has 0 heterocycles. The Kier molecular flexibility index (Phi) is 3.27. The van der Waals surface area contributed by atoms with Crippen LogP contribution in [0.1, 0.15) is 25.7 Å². The molecule has 1 saturated carbocycles. The maximum Gasteiger partial charge on any atom is 0.309 e. The zero-order valence-corrected chi connectivity index (χ0v) is 7.92. The molecule has 1 atom stereocenters. The molecule has 4 nitrogen and oxygen atoms in total. The number of carboxylic acids is 1. The van der Waals surface area contributed by atoms with Crippen molar-refractivity contribution >= 4 is 5.97 Å². The molecule has 0 aromatic rings.